The van der Waals surface area contributed by atoms with E-state index in [1.165, 1.54) is 21.9 Å². The Bertz CT molecular complexity index is 707. The molecule has 3 rings (SSSR count). The quantitative estimate of drug-likeness (QED) is 0.454. The van der Waals surface area contributed by atoms with Crippen LogP contribution in [0, 0.1) is 24.7 Å². The zero-order valence-corrected chi connectivity index (χ0v) is 13.7. The minimum atomic E-state index is 0.750. The minimum absolute atomic E-state index is 0.750. The van der Waals surface area contributed by atoms with Crippen molar-refractivity contribution in [3.05, 3.63) is 83.9 Å². The Morgan fingerprint density at radius 3 is 1.12 bits per heavy atom. The van der Waals surface area contributed by atoms with Crippen LogP contribution in [0.2, 0.25) is 0 Å². The summed E-state index contributed by atoms with van der Waals surface area (Å²) in [6.45, 7) is 4.21. The van der Waals surface area contributed by atoms with Crippen molar-refractivity contribution in [1.29, 1.82) is 10.8 Å². The zero-order chi connectivity index (χ0) is 18.2. The molecular formula is C20H20N2O2. The Balaban J connectivity index is 0.000000340. The maximum Gasteiger partial charge on any atom is 0.231 e. The SMILES string of the molecule is Cc1cccc(C)c1.N=C=O.N=C=O.c1ccc2ccccc2c1. The van der Waals surface area contributed by atoms with Gasteiger partial charge in [-0.3, -0.25) is 0 Å². The molecule has 0 aliphatic heterocycles. The average molecular weight is 320 g/mol. The van der Waals surface area contributed by atoms with Crippen molar-refractivity contribution in [3.63, 3.8) is 0 Å². The second-order valence-electron chi connectivity index (χ2n) is 4.71. The molecule has 4 heteroatoms. The summed E-state index contributed by atoms with van der Waals surface area (Å²) in [6.07, 6.45) is 1.50. The average Bonchev–Trinajstić information content (AvgIpc) is 2.57. The molecule has 4 nitrogen and oxygen atoms in total. The number of carbonyl (C=O) groups excluding carboxylic acids is 2. The van der Waals surface area contributed by atoms with Gasteiger partial charge in [-0.1, -0.05) is 83.9 Å². The molecule has 3 aromatic carbocycles. The Morgan fingerprint density at radius 2 is 0.917 bits per heavy atom. The van der Waals surface area contributed by atoms with E-state index in [1.54, 1.807) is 0 Å². The van der Waals surface area contributed by atoms with Crippen LogP contribution < -0.4 is 0 Å². The fourth-order valence-corrected chi connectivity index (χ4v) is 1.94. The molecule has 0 aliphatic carbocycles. The Kier molecular flexibility index (Phi) is 11.5. The smallest absolute Gasteiger partial charge is 0.222 e. The fourth-order valence-electron chi connectivity index (χ4n) is 1.94. The number of nitrogens with one attached hydrogen (secondary N) is 2. The second kappa shape index (κ2) is 13.4. The van der Waals surface area contributed by atoms with E-state index >= 15 is 0 Å². The van der Waals surface area contributed by atoms with E-state index in [-0.39, 0.29) is 0 Å². The number of benzene rings is 3. The van der Waals surface area contributed by atoms with Gasteiger partial charge in [-0.15, -0.1) is 0 Å². The lowest BCUT2D eigenvalue weighted by molar-refractivity contribution is 0.562. The van der Waals surface area contributed by atoms with Crippen LogP contribution in [0.4, 0.5) is 0 Å². The van der Waals surface area contributed by atoms with E-state index < -0.39 is 0 Å². The Labute approximate surface area is 141 Å². The van der Waals surface area contributed by atoms with Crippen molar-refractivity contribution < 1.29 is 9.59 Å². The number of hydrogen-bond acceptors (Lipinski definition) is 4. The normalized spacial score (nSPS) is 7.92. The molecule has 0 unspecified atom stereocenters. The minimum Gasteiger partial charge on any atom is -0.222 e. The fraction of sp³-hybridized carbons (Fsp3) is 0.100. The van der Waals surface area contributed by atoms with Crippen molar-refractivity contribution >= 4 is 22.9 Å². The van der Waals surface area contributed by atoms with Crippen LogP contribution in [0.1, 0.15) is 11.1 Å². The highest BCUT2D eigenvalue weighted by molar-refractivity contribution is 5.81. The monoisotopic (exact) mass is 320 g/mol. The third-order valence-electron chi connectivity index (χ3n) is 2.83. The molecule has 0 fully saturated rings. The highest BCUT2D eigenvalue weighted by Gasteiger charge is 1.85. The van der Waals surface area contributed by atoms with Crippen molar-refractivity contribution in [2.75, 3.05) is 0 Å². The topological polar surface area (TPSA) is 81.8 Å². The standard InChI is InChI=1S/C10H8.C8H10.2CHNO/c1-2-6-10-8-4-3-7-9(10)5-1;1-7-4-3-5-8(2)6-7;2*2-1-3/h1-8H;3-6H,1-2H3;2*2H. The molecule has 0 bridgehead atoms. The van der Waals surface area contributed by atoms with Gasteiger partial charge in [0, 0.05) is 0 Å². The molecule has 122 valence electrons. The molecule has 0 saturated heterocycles. The molecule has 0 heterocycles. The van der Waals surface area contributed by atoms with E-state index in [1.807, 2.05) is 0 Å². The number of isocyanates is 2. The summed E-state index contributed by atoms with van der Waals surface area (Å²) in [6, 6.07) is 25.2. The van der Waals surface area contributed by atoms with Gasteiger partial charge in [0.05, 0.1) is 0 Å². The Morgan fingerprint density at radius 1 is 0.625 bits per heavy atom. The maximum absolute atomic E-state index is 8.35. The summed E-state index contributed by atoms with van der Waals surface area (Å²) in [5.41, 5.74) is 2.68. The van der Waals surface area contributed by atoms with E-state index in [9.17, 15) is 0 Å². The third kappa shape index (κ3) is 9.59. The van der Waals surface area contributed by atoms with Gasteiger partial charge in [0.1, 0.15) is 0 Å². The summed E-state index contributed by atoms with van der Waals surface area (Å²) >= 11 is 0. The highest BCUT2D eigenvalue weighted by atomic mass is 16.1. The molecule has 0 atom stereocenters. The molecule has 0 spiro atoms. The van der Waals surface area contributed by atoms with Crippen molar-refractivity contribution in [3.8, 4) is 0 Å². The lowest BCUT2D eigenvalue weighted by Gasteiger charge is -1.92. The van der Waals surface area contributed by atoms with Gasteiger partial charge in [0.2, 0.25) is 12.2 Å². The summed E-state index contributed by atoms with van der Waals surface area (Å²) in [7, 11) is 0. The number of fused-ring (bicyclic) bond motifs is 1. The van der Waals surface area contributed by atoms with Crippen LogP contribution >= 0.6 is 0 Å². The molecule has 24 heavy (non-hydrogen) atoms. The largest absolute Gasteiger partial charge is 0.231 e. The van der Waals surface area contributed by atoms with Gasteiger partial charge in [-0.25, -0.2) is 20.4 Å². The van der Waals surface area contributed by atoms with Gasteiger partial charge < -0.3 is 0 Å². The van der Waals surface area contributed by atoms with Gasteiger partial charge in [-0.05, 0) is 24.6 Å². The molecule has 0 amide bonds. The van der Waals surface area contributed by atoms with Crippen LogP contribution in [0.15, 0.2) is 72.8 Å². The first-order valence-corrected chi connectivity index (χ1v) is 7.13. The molecule has 0 saturated carbocycles. The van der Waals surface area contributed by atoms with E-state index in [0.717, 1.165) is 12.2 Å². The molecule has 0 aromatic heterocycles. The number of rotatable bonds is 0. The first kappa shape index (κ1) is 20.7. The Hall–Kier alpha value is -3.32. The summed E-state index contributed by atoms with van der Waals surface area (Å²) in [5.74, 6) is 0. The van der Waals surface area contributed by atoms with E-state index in [0.29, 0.717) is 0 Å². The number of hydrogen-bond donors (Lipinski definition) is 2. The van der Waals surface area contributed by atoms with E-state index in [2.05, 4.69) is 86.6 Å². The number of aryl methyl sites for hydroxylation is 2. The summed E-state index contributed by atoms with van der Waals surface area (Å²) in [4.78, 5) is 16.7. The van der Waals surface area contributed by atoms with Crippen molar-refractivity contribution in [1.82, 2.24) is 0 Å². The summed E-state index contributed by atoms with van der Waals surface area (Å²) in [5, 5.41) is 13.4. The lowest BCUT2D eigenvalue weighted by atomic mass is 10.1. The molecule has 3 aromatic rings. The van der Waals surface area contributed by atoms with Crippen molar-refractivity contribution in [2.45, 2.75) is 13.8 Å². The zero-order valence-electron chi connectivity index (χ0n) is 13.7. The van der Waals surface area contributed by atoms with E-state index in [4.69, 9.17) is 20.4 Å². The van der Waals surface area contributed by atoms with Gasteiger partial charge >= 0.3 is 0 Å². The molecule has 0 aliphatic rings. The first-order chi connectivity index (χ1) is 11.6. The molecule has 0 radical (unpaired) electrons. The first-order valence-electron chi connectivity index (χ1n) is 7.13. The lowest BCUT2D eigenvalue weighted by Crippen LogP contribution is -1.71. The van der Waals surface area contributed by atoms with Gasteiger partial charge in [0.25, 0.3) is 0 Å². The second-order valence-corrected chi connectivity index (χ2v) is 4.71. The third-order valence-corrected chi connectivity index (χ3v) is 2.83. The molecular weight excluding hydrogens is 300 g/mol. The van der Waals surface area contributed by atoms with Crippen LogP contribution in [-0.2, 0) is 9.59 Å². The van der Waals surface area contributed by atoms with Gasteiger partial charge in [0.15, 0.2) is 0 Å². The van der Waals surface area contributed by atoms with Crippen LogP contribution in [0.5, 0.6) is 0 Å². The predicted octanol–water partition coefficient (Wildman–Crippen LogP) is 4.95. The van der Waals surface area contributed by atoms with Crippen LogP contribution in [0.3, 0.4) is 0 Å². The highest BCUT2D eigenvalue weighted by Crippen LogP contribution is 2.11. The van der Waals surface area contributed by atoms with Gasteiger partial charge in [-0.2, -0.15) is 0 Å². The van der Waals surface area contributed by atoms with Crippen molar-refractivity contribution in [2.24, 2.45) is 0 Å². The maximum atomic E-state index is 8.35. The summed E-state index contributed by atoms with van der Waals surface area (Å²) < 4.78 is 0. The molecule has 2 N–H and O–H groups in total. The van der Waals surface area contributed by atoms with Crippen LogP contribution in [0.25, 0.3) is 10.8 Å². The predicted molar refractivity (Wildman–Crippen MR) is 96.7 cm³/mol. The van der Waals surface area contributed by atoms with Crippen LogP contribution in [-0.4, -0.2) is 12.2 Å².